The van der Waals surface area contributed by atoms with Gasteiger partial charge < -0.3 is 5.32 Å². The van der Waals surface area contributed by atoms with Crippen molar-refractivity contribution in [2.45, 2.75) is 26.3 Å². The molecule has 8 heteroatoms. The monoisotopic (exact) mass is 364 g/mol. The number of aryl methyl sites for hydroxylation is 2. The van der Waals surface area contributed by atoms with E-state index in [2.05, 4.69) is 10.3 Å². The van der Waals surface area contributed by atoms with E-state index in [1.807, 2.05) is 0 Å². The molecule has 0 radical (unpaired) electrons. The number of nitro groups is 1. The molecule has 27 heavy (non-hydrogen) atoms. The molecule has 0 saturated carbocycles. The van der Waals surface area contributed by atoms with Crippen LogP contribution in [0.15, 0.2) is 41.2 Å². The Kier molecular flexibility index (Phi) is 3.95. The van der Waals surface area contributed by atoms with Gasteiger partial charge in [-0.2, -0.15) is 0 Å². The fraction of sp³-hybridized carbons (Fsp3) is 0.211. The molecule has 136 valence electrons. The molecule has 3 aromatic rings. The van der Waals surface area contributed by atoms with Crippen LogP contribution in [0.25, 0.3) is 10.9 Å². The summed E-state index contributed by atoms with van der Waals surface area (Å²) in [7, 11) is 0. The van der Waals surface area contributed by atoms with E-state index in [0.717, 1.165) is 18.7 Å². The highest BCUT2D eigenvalue weighted by molar-refractivity contribution is 6.05. The first-order valence-electron chi connectivity index (χ1n) is 8.54. The second-order valence-electron chi connectivity index (χ2n) is 6.53. The van der Waals surface area contributed by atoms with Crippen LogP contribution < -0.4 is 10.9 Å². The highest BCUT2D eigenvalue weighted by Crippen LogP contribution is 2.22. The average molecular weight is 364 g/mol. The lowest BCUT2D eigenvalue weighted by Gasteiger charge is -2.09. The quantitative estimate of drug-likeness (QED) is 0.568. The van der Waals surface area contributed by atoms with E-state index in [1.54, 1.807) is 29.7 Å². The summed E-state index contributed by atoms with van der Waals surface area (Å²) in [6.07, 6.45) is 1.68. The predicted octanol–water partition coefficient (Wildman–Crippen LogP) is 2.81. The van der Waals surface area contributed by atoms with Crippen LogP contribution in [-0.2, 0) is 13.0 Å². The molecule has 0 fully saturated rings. The van der Waals surface area contributed by atoms with Crippen LogP contribution in [0.3, 0.4) is 0 Å². The van der Waals surface area contributed by atoms with E-state index in [-0.39, 0.29) is 16.8 Å². The Labute approximate surface area is 153 Å². The van der Waals surface area contributed by atoms with Gasteiger partial charge in [0.2, 0.25) is 0 Å². The van der Waals surface area contributed by atoms with Gasteiger partial charge in [-0.25, -0.2) is 4.98 Å². The third-order valence-electron chi connectivity index (χ3n) is 4.74. The number of nitro benzene ring substituents is 1. The lowest BCUT2D eigenvalue weighted by atomic mass is 10.1. The van der Waals surface area contributed by atoms with Crippen molar-refractivity contribution in [2.75, 3.05) is 5.32 Å². The maximum Gasteiger partial charge on any atom is 0.273 e. The SMILES string of the molecule is Cc1ccc(C(=O)Nc2ccc3nc4n(c(=O)c3c2)CCC4)cc1[N+](=O)[O-]. The number of nitrogens with zero attached hydrogens (tertiary/aromatic N) is 3. The fourth-order valence-electron chi connectivity index (χ4n) is 3.31. The third kappa shape index (κ3) is 2.95. The molecule has 0 unspecified atom stereocenters. The van der Waals surface area contributed by atoms with Crippen molar-refractivity contribution < 1.29 is 9.72 Å². The number of anilines is 1. The van der Waals surface area contributed by atoms with Crippen LogP contribution in [0.4, 0.5) is 11.4 Å². The lowest BCUT2D eigenvalue weighted by Crippen LogP contribution is -2.21. The summed E-state index contributed by atoms with van der Waals surface area (Å²) < 4.78 is 1.66. The summed E-state index contributed by atoms with van der Waals surface area (Å²) in [6, 6.07) is 9.27. The molecule has 1 N–H and O–H groups in total. The van der Waals surface area contributed by atoms with Crippen molar-refractivity contribution in [1.82, 2.24) is 9.55 Å². The Hall–Kier alpha value is -3.55. The van der Waals surface area contributed by atoms with Crippen molar-refractivity contribution in [3.63, 3.8) is 0 Å². The maximum atomic E-state index is 12.6. The van der Waals surface area contributed by atoms with Gasteiger partial charge in [0.05, 0.1) is 15.8 Å². The van der Waals surface area contributed by atoms with Crippen LogP contribution in [0.2, 0.25) is 0 Å². The predicted molar refractivity (Wildman–Crippen MR) is 100 cm³/mol. The van der Waals surface area contributed by atoms with Crippen molar-refractivity contribution >= 4 is 28.2 Å². The minimum atomic E-state index is -0.519. The zero-order valence-electron chi connectivity index (χ0n) is 14.6. The third-order valence-corrected chi connectivity index (χ3v) is 4.74. The molecular formula is C19H16N4O4. The van der Waals surface area contributed by atoms with E-state index in [9.17, 15) is 19.7 Å². The number of hydrogen-bond donors (Lipinski definition) is 1. The molecular weight excluding hydrogens is 348 g/mol. The smallest absolute Gasteiger partial charge is 0.273 e. The number of nitrogens with one attached hydrogen (secondary N) is 1. The van der Waals surface area contributed by atoms with Gasteiger partial charge in [-0.05, 0) is 37.6 Å². The van der Waals surface area contributed by atoms with E-state index in [1.165, 1.54) is 18.2 Å². The second-order valence-corrected chi connectivity index (χ2v) is 6.53. The van der Waals surface area contributed by atoms with Crippen molar-refractivity contribution in [2.24, 2.45) is 0 Å². The zero-order valence-corrected chi connectivity index (χ0v) is 14.6. The Balaban J connectivity index is 1.68. The van der Waals surface area contributed by atoms with E-state index < -0.39 is 10.8 Å². The van der Waals surface area contributed by atoms with Gasteiger partial charge in [-0.15, -0.1) is 0 Å². The molecule has 1 aromatic heterocycles. The summed E-state index contributed by atoms with van der Waals surface area (Å²) in [4.78, 5) is 40.2. The maximum absolute atomic E-state index is 12.6. The summed E-state index contributed by atoms with van der Waals surface area (Å²) >= 11 is 0. The van der Waals surface area contributed by atoms with E-state index >= 15 is 0 Å². The summed E-state index contributed by atoms with van der Waals surface area (Å²) in [6.45, 7) is 2.27. The normalized spacial score (nSPS) is 12.8. The van der Waals surface area contributed by atoms with E-state index in [0.29, 0.717) is 28.7 Å². The number of carbonyl (C=O) groups is 1. The number of fused-ring (bicyclic) bond motifs is 2. The Morgan fingerprint density at radius 1 is 1.26 bits per heavy atom. The lowest BCUT2D eigenvalue weighted by molar-refractivity contribution is -0.385. The Morgan fingerprint density at radius 2 is 2.07 bits per heavy atom. The van der Waals surface area contributed by atoms with Gasteiger partial charge in [-0.3, -0.25) is 24.3 Å². The molecule has 0 bridgehead atoms. The Bertz CT molecular complexity index is 1170. The Morgan fingerprint density at radius 3 is 2.85 bits per heavy atom. The topological polar surface area (TPSA) is 107 Å². The summed E-state index contributed by atoms with van der Waals surface area (Å²) in [5.41, 5.74) is 1.46. The van der Waals surface area contributed by atoms with Crippen molar-refractivity contribution in [3.05, 3.63) is 73.8 Å². The van der Waals surface area contributed by atoms with Crippen molar-refractivity contribution in [3.8, 4) is 0 Å². The van der Waals surface area contributed by atoms with Gasteiger partial charge >= 0.3 is 0 Å². The molecule has 1 aliphatic heterocycles. The molecule has 2 heterocycles. The molecule has 4 rings (SSSR count). The van der Waals surface area contributed by atoms with Gasteiger partial charge in [0.25, 0.3) is 17.2 Å². The van der Waals surface area contributed by atoms with Crippen LogP contribution in [0, 0.1) is 17.0 Å². The molecule has 0 atom stereocenters. The number of amides is 1. The highest BCUT2D eigenvalue weighted by atomic mass is 16.6. The average Bonchev–Trinajstić information content (AvgIpc) is 3.11. The molecule has 2 aromatic carbocycles. The van der Waals surface area contributed by atoms with Crippen LogP contribution in [-0.4, -0.2) is 20.4 Å². The minimum Gasteiger partial charge on any atom is -0.322 e. The van der Waals surface area contributed by atoms with Crippen molar-refractivity contribution in [1.29, 1.82) is 0 Å². The molecule has 8 nitrogen and oxygen atoms in total. The van der Waals surface area contributed by atoms with Crippen LogP contribution in [0.5, 0.6) is 0 Å². The van der Waals surface area contributed by atoms with Gasteiger partial charge in [0, 0.05) is 35.8 Å². The highest BCUT2D eigenvalue weighted by Gasteiger charge is 2.18. The molecule has 1 aliphatic rings. The second kappa shape index (κ2) is 6.31. The first-order chi connectivity index (χ1) is 12.9. The fourth-order valence-corrected chi connectivity index (χ4v) is 3.31. The van der Waals surface area contributed by atoms with Gasteiger partial charge in [0.1, 0.15) is 5.82 Å². The standard InChI is InChI=1S/C19H16N4O4/c1-11-4-5-12(9-16(11)23(26)27)18(24)20-13-6-7-15-14(10-13)19(25)22-8-2-3-17(22)21-15/h4-7,9-10H,2-3,8H2,1H3,(H,20,24). The zero-order chi connectivity index (χ0) is 19.1. The molecule has 1 amide bonds. The first kappa shape index (κ1) is 16.9. The number of benzene rings is 2. The minimum absolute atomic E-state index is 0.112. The van der Waals surface area contributed by atoms with Crippen LogP contribution in [0.1, 0.15) is 28.2 Å². The molecule has 0 spiro atoms. The summed E-state index contributed by atoms with van der Waals surface area (Å²) in [5, 5.41) is 14.2. The molecule has 0 saturated heterocycles. The van der Waals surface area contributed by atoms with E-state index in [4.69, 9.17) is 0 Å². The number of rotatable bonds is 3. The largest absolute Gasteiger partial charge is 0.322 e. The van der Waals surface area contributed by atoms with Gasteiger partial charge in [0.15, 0.2) is 0 Å². The summed E-state index contributed by atoms with van der Waals surface area (Å²) in [5.74, 6) is 0.308. The number of carbonyl (C=O) groups excluding carboxylic acids is 1. The van der Waals surface area contributed by atoms with Crippen LogP contribution >= 0.6 is 0 Å². The number of hydrogen-bond acceptors (Lipinski definition) is 5. The molecule has 0 aliphatic carbocycles. The number of aromatic nitrogens is 2. The van der Waals surface area contributed by atoms with Gasteiger partial charge in [-0.1, -0.05) is 6.07 Å². The first-order valence-corrected chi connectivity index (χ1v) is 8.54.